The number of nitrogens with one attached hydrogen (secondary N) is 1. The molecule has 0 aliphatic rings. The molecule has 0 aromatic heterocycles. The summed E-state index contributed by atoms with van der Waals surface area (Å²) in [5.41, 5.74) is 0. The van der Waals surface area contributed by atoms with Crippen LogP contribution in [-0.4, -0.2) is 32.2 Å². The van der Waals surface area contributed by atoms with Crippen molar-refractivity contribution >= 4 is 11.6 Å². The third-order valence-electron chi connectivity index (χ3n) is 1.57. The number of hydrogen-bond donors (Lipinski definition) is 1. The minimum absolute atomic E-state index is 0.559. The molecule has 0 amide bonds. The smallest absolute Gasteiger partial charge is 0.0587 e. The average Bonchev–Trinajstić information content (AvgIpc) is 2.01. The second-order valence-electron chi connectivity index (χ2n) is 2.68. The predicted octanol–water partition coefficient (Wildman–Crippen LogP) is 1.63. The molecule has 11 heavy (non-hydrogen) atoms. The summed E-state index contributed by atoms with van der Waals surface area (Å²) in [5, 5.41) is 3.33. The van der Waals surface area contributed by atoms with E-state index in [4.69, 9.17) is 16.3 Å². The Hall–Kier alpha value is 0.210. The first kappa shape index (κ1) is 11.2. The molecule has 0 bridgehead atoms. The number of halogens is 1. The minimum Gasteiger partial charge on any atom is -0.383 e. The lowest BCUT2D eigenvalue weighted by molar-refractivity contribution is 0.196. The Labute approximate surface area is 74.3 Å². The van der Waals surface area contributed by atoms with Crippen LogP contribution in [0, 0.1) is 0 Å². The molecule has 0 aliphatic carbocycles. The molecule has 2 nitrogen and oxygen atoms in total. The van der Waals surface area contributed by atoms with Gasteiger partial charge in [0, 0.05) is 25.6 Å². The third-order valence-corrected chi connectivity index (χ3v) is 1.84. The lowest BCUT2D eigenvalue weighted by Crippen LogP contribution is -2.29. The zero-order valence-corrected chi connectivity index (χ0v) is 8.16. The molecule has 0 radical (unpaired) electrons. The topological polar surface area (TPSA) is 21.3 Å². The van der Waals surface area contributed by atoms with Crippen LogP contribution in [0.5, 0.6) is 0 Å². The van der Waals surface area contributed by atoms with E-state index in [9.17, 15) is 0 Å². The molecular weight excluding hydrogens is 162 g/mol. The molecule has 0 aliphatic heterocycles. The maximum Gasteiger partial charge on any atom is 0.0587 e. The van der Waals surface area contributed by atoms with E-state index in [0.29, 0.717) is 6.04 Å². The van der Waals surface area contributed by atoms with Gasteiger partial charge in [-0.25, -0.2) is 0 Å². The van der Waals surface area contributed by atoms with Gasteiger partial charge in [0.2, 0.25) is 0 Å². The van der Waals surface area contributed by atoms with Crippen LogP contribution in [0.3, 0.4) is 0 Å². The molecule has 0 spiro atoms. The van der Waals surface area contributed by atoms with Gasteiger partial charge in [-0.2, -0.15) is 0 Å². The maximum atomic E-state index is 5.55. The van der Waals surface area contributed by atoms with E-state index in [1.807, 2.05) is 0 Å². The van der Waals surface area contributed by atoms with Gasteiger partial charge < -0.3 is 10.1 Å². The van der Waals surface area contributed by atoms with Gasteiger partial charge in [-0.15, -0.1) is 11.6 Å². The van der Waals surface area contributed by atoms with Crippen LogP contribution in [0.2, 0.25) is 0 Å². The monoisotopic (exact) mass is 179 g/mol. The second kappa shape index (κ2) is 8.31. The van der Waals surface area contributed by atoms with Crippen molar-refractivity contribution in [3.8, 4) is 0 Å². The van der Waals surface area contributed by atoms with Crippen molar-refractivity contribution in [3.63, 3.8) is 0 Å². The summed E-state index contributed by atoms with van der Waals surface area (Å²) in [6.07, 6.45) is 2.23. The lowest BCUT2D eigenvalue weighted by Gasteiger charge is -2.11. The van der Waals surface area contributed by atoms with E-state index in [1.54, 1.807) is 7.11 Å². The van der Waals surface area contributed by atoms with Crippen molar-refractivity contribution in [2.45, 2.75) is 25.8 Å². The van der Waals surface area contributed by atoms with Crippen LogP contribution in [-0.2, 0) is 4.74 Å². The summed E-state index contributed by atoms with van der Waals surface area (Å²) in [4.78, 5) is 0. The summed E-state index contributed by atoms with van der Waals surface area (Å²) in [6, 6.07) is 0.559. The van der Waals surface area contributed by atoms with Gasteiger partial charge in [-0.05, 0) is 19.8 Å². The number of rotatable bonds is 7. The highest BCUT2D eigenvalue weighted by Crippen LogP contribution is 1.96. The summed E-state index contributed by atoms with van der Waals surface area (Å²) in [7, 11) is 1.71. The largest absolute Gasteiger partial charge is 0.383 e. The SMILES string of the molecule is COCCNC(C)CCCCl. The zero-order chi connectivity index (χ0) is 8.53. The van der Waals surface area contributed by atoms with Crippen molar-refractivity contribution < 1.29 is 4.74 Å². The standard InChI is InChI=1S/C8H18ClNO/c1-8(4-3-5-9)10-6-7-11-2/h8,10H,3-7H2,1-2H3. The quantitative estimate of drug-likeness (QED) is 0.474. The lowest BCUT2D eigenvalue weighted by atomic mass is 10.2. The number of methoxy groups -OCH3 is 1. The summed E-state index contributed by atoms with van der Waals surface area (Å²) < 4.78 is 4.91. The molecule has 68 valence electrons. The first-order chi connectivity index (χ1) is 5.31. The molecule has 0 saturated carbocycles. The zero-order valence-electron chi connectivity index (χ0n) is 7.40. The molecule has 0 aromatic rings. The van der Waals surface area contributed by atoms with Gasteiger partial charge in [-0.3, -0.25) is 0 Å². The Balaban J connectivity index is 3.02. The normalized spacial score (nSPS) is 13.4. The van der Waals surface area contributed by atoms with Gasteiger partial charge in [0.1, 0.15) is 0 Å². The van der Waals surface area contributed by atoms with Gasteiger partial charge >= 0.3 is 0 Å². The number of hydrogen-bond acceptors (Lipinski definition) is 2. The molecule has 0 aromatic carbocycles. The molecule has 3 heteroatoms. The highest BCUT2D eigenvalue weighted by atomic mass is 35.5. The third kappa shape index (κ3) is 8.11. The van der Waals surface area contributed by atoms with Crippen molar-refractivity contribution in [3.05, 3.63) is 0 Å². The van der Waals surface area contributed by atoms with E-state index in [1.165, 1.54) is 0 Å². The molecule has 0 rings (SSSR count). The fraction of sp³-hybridized carbons (Fsp3) is 1.00. The van der Waals surface area contributed by atoms with Crippen LogP contribution in [0.4, 0.5) is 0 Å². The van der Waals surface area contributed by atoms with Crippen molar-refractivity contribution in [1.29, 1.82) is 0 Å². The number of alkyl halides is 1. The Bertz CT molecular complexity index is 80.5. The Morgan fingerprint density at radius 3 is 2.82 bits per heavy atom. The predicted molar refractivity (Wildman–Crippen MR) is 49.3 cm³/mol. The summed E-state index contributed by atoms with van der Waals surface area (Å²) in [6.45, 7) is 3.88. The van der Waals surface area contributed by atoms with Crippen LogP contribution in [0.15, 0.2) is 0 Å². The van der Waals surface area contributed by atoms with E-state index < -0.39 is 0 Å². The molecule has 1 atom stereocenters. The Morgan fingerprint density at radius 1 is 1.55 bits per heavy atom. The molecule has 0 heterocycles. The van der Waals surface area contributed by atoms with Crippen LogP contribution in [0.1, 0.15) is 19.8 Å². The maximum absolute atomic E-state index is 5.55. The fourth-order valence-electron chi connectivity index (χ4n) is 0.893. The van der Waals surface area contributed by atoms with E-state index in [2.05, 4.69) is 12.2 Å². The summed E-state index contributed by atoms with van der Waals surface area (Å²) >= 11 is 5.55. The van der Waals surface area contributed by atoms with E-state index >= 15 is 0 Å². The average molecular weight is 180 g/mol. The highest BCUT2D eigenvalue weighted by molar-refractivity contribution is 6.17. The highest BCUT2D eigenvalue weighted by Gasteiger charge is 1.98. The Kier molecular flexibility index (Phi) is 8.47. The first-order valence-corrected chi connectivity index (χ1v) is 4.63. The Morgan fingerprint density at radius 2 is 2.27 bits per heavy atom. The van der Waals surface area contributed by atoms with Crippen molar-refractivity contribution in [1.82, 2.24) is 5.32 Å². The van der Waals surface area contributed by atoms with Gasteiger partial charge in [0.05, 0.1) is 6.61 Å². The summed E-state index contributed by atoms with van der Waals surface area (Å²) in [5.74, 6) is 0.760. The molecule has 0 saturated heterocycles. The van der Waals surface area contributed by atoms with Crippen LogP contribution < -0.4 is 5.32 Å². The van der Waals surface area contributed by atoms with Crippen molar-refractivity contribution in [2.75, 3.05) is 26.1 Å². The second-order valence-corrected chi connectivity index (χ2v) is 3.06. The molecule has 0 fully saturated rings. The fourth-order valence-corrected chi connectivity index (χ4v) is 1.05. The van der Waals surface area contributed by atoms with Gasteiger partial charge in [-0.1, -0.05) is 0 Å². The van der Waals surface area contributed by atoms with Crippen LogP contribution >= 0.6 is 11.6 Å². The first-order valence-electron chi connectivity index (χ1n) is 4.09. The van der Waals surface area contributed by atoms with Gasteiger partial charge in [0.15, 0.2) is 0 Å². The van der Waals surface area contributed by atoms with Gasteiger partial charge in [0.25, 0.3) is 0 Å². The van der Waals surface area contributed by atoms with E-state index in [-0.39, 0.29) is 0 Å². The number of ether oxygens (including phenoxy) is 1. The van der Waals surface area contributed by atoms with Crippen LogP contribution in [0.25, 0.3) is 0 Å². The van der Waals surface area contributed by atoms with E-state index in [0.717, 1.165) is 31.9 Å². The minimum atomic E-state index is 0.559. The molecule has 1 N–H and O–H groups in total. The van der Waals surface area contributed by atoms with Crippen molar-refractivity contribution in [2.24, 2.45) is 0 Å². The molecular formula is C8H18ClNO. The molecule has 1 unspecified atom stereocenters.